The number of ether oxygens (including phenoxy) is 2. The molecule has 2 amide bonds. The minimum Gasteiger partial charge on any atom is -0.486 e. The van der Waals surface area contributed by atoms with Crippen molar-refractivity contribution in [1.82, 2.24) is 5.32 Å². The number of rotatable bonds is 4. The molecule has 4 rings (SSSR count). The quantitative estimate of drug-likeness (QED) is 0.824. The van der Waals surface area contributed by atoms with E-state index in [0.29, 0.717) is 43.2 Å². The van der Waals surface area contributed by atoms with Gasteiger partial charge in [-0.25, -0.2) is 4.79 Å². The van der Waals surface area contributed by atoms with Gasteiger partial charge in [-0.1, -0.05) is 12.8 Å². The first-order valence-corrected chi connectivity index (χ1v) is 9.24. The average molecular weight is 374 g/mol. The Morgan fingerprint density at radius 1 is 1.15 bits per heavy atom. The van der Waals surface area contributed by atoms with E-state index < -0.39 is 17.4 Å². The molecule has 1 saturated heterocycles. The number of benzene rings is 1. The third-order valence-electron chi connectivity index (χ3n) is 5.56. The van der Waals surface area contributed by atoms with Gasteiger partial charge in [0.1, 0.15) is 18.8 Å². The number of nitrogens with one attached hydrogen (secondary N) is 1. The summed E-state index contributed by atoms with van der Waals surface area (Å²) >= 11 is 0. The van der Waals surface area contributed by atoms with Crippen LogP contribution in [0.4, 0.5) is 5.69 Å². The van der Waals surface area contributed by atoms with Crippen LogP contribution in [0, 0.1) is 5.92 Å². The first kappa shape index (κ1) is 17.6. The number of hydrogen-bond acceptors (Lipinski definition) is 5. The van der Waals surface area contributed by atoms with Crippen LogP contribution in [0.25, 0.3) is 0 Å². The Bertz CT molecular complexity index is 786. The maximum atomic E-state index is 12.7. The van der Waals surface area contributed by atoms with Crippen LogP contribution in [0.5, 0.6) is 11.5 Å². The molecule has 1 aliphatic carbocycles. The molecule has 2 heterocycles. The average Bonchev–Trinajstić information content (AvgIpc) is 3.29. The number of amides is 2. The number of carbonyl (C=O) groups is 3. The molecule has 1 aromatic carbocycles. The highest BCUT2D eigenvalue weighted by molar-refractivity contribution is 6.01. The molecule has 27 heavy (non-hydrogen) atoms. The number of carboxylic acids is 1. The van der Waals surface area contributed by atoms with Gasteiger partial charge in [0, 0.05) is 24.7 Å². The van der Waals surface area contributed by atoms with Crippen LogP contribution in [-0.2, 0) is 14.4 Å². The van der Waals surface area contributed by atoms with E-state index in [1.54, 1.807) is 23.1 Å². The molecular formula is C19H22N2O6. The molecule has 1 saturated carbocycles. The van der Waals surface area contributed by atoms with Crippen molar-refractivity contribution in [1.29, 1.82) is 0 Å². The Morgan fingerprint density at radius 3 is 2.56 bits per heavy atom. The largest absolute Gasteiger partial charge is 0.486 e. The molecule has 8 heteroatoms. The van der Waals surface area contributed by atoms with Crippen LogP contribution in [0.3, 0.4) is 0 Å². The second-order valence-corrected chi connectivity index (χ2v) is 7.32. The lowest BCUT2D eigenvalue weighted by molar-refractivity contribution is -0.148. The molecule has 8 nitrogen and oxygen atoms in total. The molecule has 2 N–H and O–H groups in total. The predicted octanol–water partition coefficient (Wildman–Crippen LogP) is 1.32. The summed E-state index contributed by atoms with van der Waals surface area (Å²) in [5.41, 5.74) is -0.543. The second kappa shape index (κ2) is 6.75. The van der Waals surface area contributed by atoms with E-state index in [2.05, 4.69) is 5.32 Å². The fourth-order valence-electron chi connectivity index (χ4n) is 4.04. The first-order valence-electron chi connectivity index (χ1n) is 9.24. The van der Waals surface area contributed by atoms with Gasteiger partial charge in [0.05, 0.1) is 5.92 Å². The first-order chi connectivity index (χ1) is 13.0. The zero-order valence-electron chi connectivity index (χ0n) is 14.9. The van der Waals surface area contributed by atoms with Crippen molar-refractivity contribution in [2.24, 2.45) is 5.92 Å². The fraction of sp³-hybridized carbons (Fsp3) is 0.526. The minimum absolute atomic E-state index is 0.0655. The Morgan fingerprint density at radius 2 is 1.85 bits per heavy atom. The molecule has 144 valence electrons. The van der Waals surface area contributed by atoms with Crippen LogP contribution in [-0.4, -0.2) is 48.2 Å². The van der Waals surface area contributed by atoms with E-state index in [0.717, 1.165) is 12.8 Å². The molecule has 0 radical (unpaired) electrons. The van der Waals surface area contributed by atoms with Crippen molar-refractivity contribution in [3.05, 3.63) is 18.2 Å². The van der Waals surface area contributed by atoms with Gasteiger partial charge in [0.2, 0.25) is 11.8 Å². The molecule has 1 atom stereocenters. The molecule has 0 aromatic heterocycles. The smallest absolute Gasteiger partial charge is 0.329 e. The molecule has 1 unspecified atom stereocenters. The summed E-state index contributed by atoms with van der Waals surface area (Å²) in [4.78, 5) is 38.3. The van der Waals surface area contributed by atoms with Crippen molar-refractivity contribution in [3.63, 3.8) is 0 Å². The van der Waals surface area contributed by atoms with Gasteiger partial charge >= 0.3 is 5.97 Å². The summed E-state index contributed by atoms with van der Waals surface area (Å²) in [7, 11) is 0. The summed E-state index contributed by atoms with van der Waals surface area (Å²) < 4.78 is 11.0. The van der Waals surface area contributed by atoms with Gasteiger partial charge in [-0.3, -0.25) is 9.59 Å². The Labute approximate surface area is 156 Å². The maximum absolute atomic E-state index is 12.7. The lowest BCUT2D eigenvalue weighted by Crippen LogP contribution is -2.54. The molecule has 2 aliphatic heterocycles. The number of nitrogens with zero attached hydrogens (tertiary/aromatic N) is 1. The van der Waals surface area contributed by atoms with E-state index in [9.17, 15) is 19.5 Å². The zero-order chi connectivity index (χ0) is 19.0. The number of carbonyl (C=O) groups excluding carboxylic acids is 2. The summed E-state index contributed by atoms with van der Waals surface area (Å²) in [5, 5.41) is 12.2. The summed E-state index contributed by atoms with van der Waals surface area (Å²) in [5.74, 6) is -0.884. The van der Waals surface area contributed by atoms with Crippen molar-refractivity contribution in [2.45, 2.75) is 37.6 Å². The van der Waals surface area contributed by atoms with Gasteiger partial charge in [-0.2, -0.15) is 0 Å². The van der Waals surface area contributed by atoms with Crippen molar-refractivity contribution >= 4 is 23.5 Å². The van der Waals surface area contributed by atoms with Crippen LogP contribution in [0.2, 0.25) is 0 Å². The number of aliphatic carboxylic acids is 1. The molecule has 1 aromatic rings. The monoisotopic (exact) mass is 374 g/mol. The summed E-state index contributed by atoms with van der Waals surface area (Å²) in [6.45, 7) is 1.16. The Hall–Kier alpha value is -2.77. The molecule has 0 spiro atoms. The number of carboxylic acid groups (broad SMARTS) is 1. The highest BCUT2D eigenvalue weighted by atomic mass is 16.6. The molecule has 3 aliphatic rings. The van der Waals surface area contributed by atoms with E-state index in [4.69, 9.17) is 9.47 Å². The van der Waals surface area contributed by atoms with Crippen molar-refractivity contribution < 1.29 is 29.0 Å². The topological polar surface area (TPSA) is 105 Å². The van der Waals surface area contributed by atoms with Crippen LogP contribution < -0.4 is 19.7 Å². The number of fused-ring (bicyclic) bond motifs is 1. The Kier molecular flexibility index (Phi) is 4.41. The van der Waals surface area contributed by atoms with E-state index in [1.807, 2.05) is 0 Å². The van der Waals surface area contributed by atoms with Gasteiger partial charge in [0.25, 0.3) is 0 Å². The van der Waals surface area contributed by atoms with Crippen molar-refractivity contribution in [3.8, 4) is 11.5 Å². The summed E-state index contributed by atoms with van der Waals surface area (Å²) in [6.07, 6.45) is 2.48. The molecular weight excluding hydrogens is 352 g/mol. The van der Waals surface area contributed by atoms with E-state index in [-0.39, 0.29) is 24.8 Å². The second-order valence-electron chi connectivity index (χ2n) is 7.32. The van der Waals surface area contributed by atoms with E-state index >= 15 is 0 Å². The zero-order valence-corrected chi connectivity index (χ0v) is 14.9. The molecule has 2 fully saturated rings. The number of anilines is 1. The lowest BCUT2D eigenvalue weighted by Gasteiger charge is -2.27. The maximum Gasteiger partial charge on any atom is 0.329 e. The minimum atomic E-state index is -1.19. The van der Waals surface area contributed by atoms with Crippen LogP contribution >= 0.6 is 0 Å². The van der Waals surface area contributed by atoms with Gasteiger partial charge in [0.15, 0.2) is 11.5 Å². The SMILES string of the molecule is O=C(NC1(C(=O)O)CCCC1)C1CC(=O)N(c2ccc3c(c2)OCCO3)C1. The Balaban J connectivity index is 1.47. The lowest BCUT2D eigenvalue weighted by atomic mass is 9.96. The predicted molar refractivity (Wildman–Crippen MR) is 94.9 cm³/mol. The van der Waals surface area contributed by atoms with Crippen LogP contribution in [0.1, 0.15) is 32.1 Å². The standard InChI is InChI=1S/C19H22N2O6/c22-16-9-12(17(23)20-19(18(24)25)5-1-2-6-19)11-21(16)13-3-4-14-15(10-13)27-8-7-26-14/h3-4,10,12H,1-2,5-9,11H2,(H,20,23)(H,24,25). The van der Waals surface area contributed by atoms with Gasteiger partial charge in [-0.15, -0.1) is 0 Å². The third kappa shape index (κ3) is 3.20. The highest BCUT2D eigenvalue weighted by Gasteiger charge is 2.45. The molecule has 0 bridgehead atoms. The fourth-order valence-corrected chi connectivity index (χ4v) is 4.04. The van der Waals surface area contributed by atoms with Crippen molar-refractivity contribution in [2.75, 3.05) is 24.7 Å². The normalized spacial score (nSPS) is 23.3. The number of hydrogen-bond donors (Lipinski definition) is 2. The van der Waals surface area contributed by atoms with E-state index in [1.165, 1.54) is 0 Å². The summed E-state index contributed by atoms with van der Waals surface area (Å²) in [6, 6.07) is 5.26. The highest BCUT2D eigenvalue weighted by Crippen LogP contribution is 2.36. The van der Waals surface area contributed by atoms with Gasteiger partial charge < -0.3 is 24.8 Å². The van der Waals surface area contributed by atoms with Crippen LogP contribution in [0.15, 0.2) is 18.2 Å². The van der Waals surface area contributed by atoms with Gasteiger partial charge in [-0.05, 0) is 25.0 Å². The third-order valence-corrected chi connectivity index (χ3v) is 5.56.